The van der Waals surface area contributed by atoms with E-state index in [1.807, 2.05) is 5.32 Å². The number of hydrogen-bond donors (Lipinski definition) is 1. The van der Waals surface area contributed by atoms with Crippen LogP contribution in [0.1, 0.15) is 0 Å². The van der Waals surface area contributed by atoms with Gasteiger partial charge in [0.05, 0.1) is 0 Å². The number of carbonyl (C=O) groups is 2. The molecule has 0 spiro atoms. The molecule has 54 valence electrons. The number of nitrogens with zero attached hydrogens (tertiary/aromatic N) is 1. The summed E-state index contributed by atoms with van der Waals surface area (Å²) in [6.45, 7) is 0. The van der Waals surface area contributed by atoms with Crippen molar-refractivity contribution in [3.05, 3.63) is 0 Å². The van der Waals surface area contributed by atoms with Gasteiger partial charge in [0.2, 0.25) is 0 Å². The fourth-order valence-corrected chi connectivity index (χ4v) is 0.738. The topological polar surface area (TPSA) is 58.5 Å². The van der Waals surface area contributed by atoms with E-state index in [1.165, 1.54) is 0 Å². The van der Waals surface area contributed by atoms with Crippen molar-refractivity contribution in [2.24, 2.45) is 4.99 Å². The number of amides is 3. The average molecular weight is 181 g/mol. The quantitative estimate of drug-likeness (QED) is 0.552. The van der Waals surface area contributed by atoms with Crippen molar-refractivity contribution in [2.45, 2.75) is 5.38 Å². The first-order chi connectivity index (χ1) is 4.61. The Balaban J connectivity index is 2.91. The van der Waals surface area contributed by atoms with Crippen LogP contribution in [-0.4, -0.2) is 22.5 Å². The summed E-state index contributed by atoms with van der Waals surface area (Å²) in [4.78, 5) is 24.1. The molecular weight excluding hydrogens is 179 g/mol. The van der Waals surface area contributed by atoms with E-state index >= 15 is 0 Å². The van der Waals surface area contributed by atoms with Crippen LogP contribution in [0.5, 0.6) is 0 Å². The predicted octanol–water partition coefficient (Wildman–Crippen LogP) is 0.481. The van der Waals surface area contributed by atoms with E-state index in [9.17, 15) is 9.59 Å². The molecule has 1 heterocycles. The first kappa shape index (κ1) is 7.50. The fourth-order valence-electron chi connectivity index (χ4n) is 0.459. The molecule has 1 rings (SSSR count). The van der Waals surface area contributed by atoms with E-state index in [2.05, 4.69) is 4.99 Å². The summed E-state index contributed by atoms with van der Waals surface area (Å²) < 4.78 is 0. The molecular formula is C4H2Cl2N2O2. The Morgan fingerprint density at radius 1 is 1.50 bits per heavy atom. The van der Waals surface area contributed by atoms with E-state index in [0.717, 1.165) is 0 Å². The highest BCUT2D eigenvalue weighted by Gasteiger charge is 2.27. The zero-order valence-corrected chi connectivity index (χ0v) is 6.11. The third-order valence-corrected chi connectivity index (χ3v) is 1.70. The van der Waals surface area contributed by atoms with Gasteiger partial charge in [-0.3, -0.25) is 10.1 Å². The van der Waals surface area contributed by atoms with Gasteiger partial charge in [-0.15, -0.1) is 11.6 Å². The summed E-state index contributed by atoms with van der Waals surface area (Å²) >= 11 is 10.6. The van der Waals surface area contributed by atoms with Crippen molar-refractivity contribution in [1.82, 2.24) is 5.32 Å². The second-order valence-corrected chi connectivity index (χ2v) is 2.42. The van der Waals surface area contributed by atoms with Gasteiger partial charge in [0, 0.05) is 0 Å². The zero-order chi connectivity index (χ0) is 7.72. The van der Waals surface area contributed by atoms with E-state index in [-0.39, 0.29) is 5.17 Å². The zero-order valence-electron chi connectivity index (χ0n) is 4.60. The van der Waals surface area contributed by atoms with Crippen LogP contribution in [-0.2, 0) is 4.79 Å². The number of imide groups is 1. The molecule has 0 aromatic carbocycles. The number of rotatable bonds is 0. The lowest BCUT2D eigenvalue weighted by Crippen LogP contribution is -2.42. The lowest BCUT2D eigenvalue weighted by molar-refractivity contribution is -0.118. The first-order valence-corrected chi connectivity index (χ1v) is 3.15. The Kier molecular flexibility index (Phi) is 1.92. The maximum Gasteiger partial charge on any atom is 0.348 e. The number of urea groups is 1. The van der Waals surface area contributed by atoms with Crippen molar-refractivity contribution < 1.29 is 9.59 Å². The standard InChI is InChI=1S/C4H2Cl2N2O2/c5-1-2(6)7-4(10)8-3(1)9/h1H,(H,8,9,10). The third-order valence-electron chi connectivity index (χ3n) is 0.878. The summed E-state index contributed by atoms with van der Waals surface area (Å²) in [6, 6.07) is -0.771. The van der Waals surface area contributed by atoms with Crippen molar-refractivity contribution in [3.8, 4) is 0 Å². The van der Waals surface area contributed by atoms with Crippen molar-refractivity contribution >= 4 is 40.3 Å². The number of aliphatic imine (C=N–C) groups is 1. The van der Waals surface area contributed by atoms with Crippen LogP contribution in [0.2, 0.25) is 0 Å². The highest BCUT2D eigenvalue weighted by atomic mass is 35.5. The molecule has 0 bridgehead atoms. The maximum absolute atomic E-state index is 10.6. The first-order valence-electron chi connectivity index (χ1n) is 2.34. The SMILES string of the molecule is O=C1N=C(Cl)C(Cl)C(=O)N1. The van der Waals surface area contributed by atoms with E-state index in [1.54, 1.807) is 0 Å². The van der Waals surface area contributed by atoms with Crippen LogP contribution in [0.15, 0.2) is 4.99 Å². The summed E-state index contributed by atoms with van der Waals surface area (Å²) in [5, 5.41) is 0.665. The number of halogens is 2. The van der Waals surface area contributed by atoms with Gasteiger partial charge in [-0.2, -0.15) is 4.99 Å². The highest BCUT2D eigenvalue weighted by Crippen LogP contribution is 2.07. The van der Waals surface area contributed by atoms with E-state index < -0.39 is 17.3 Å². The molecule has 0 radical (unpaired) electrons. The fraction of sp³-hybridized carbons (Fsp3) is 0.250. The Morgan fingerprint density at radius 2 is 2.10 bits per heavy atom. The van der Waals surface area contributed by atoms with E-state index in [0.29, 0.717) is 0 Å². The van der Waals surface area contributed by atoms with Gasteiger partial charge in [-0.1, -0.05) is 11.6 Å². The second kappa shape index (κ2) is 2.56. The lowest BCUT2D eigenvalue weighted by atomic mass is 10.4. The number of hydrogen-bond acceptors (Lipinski definition) is 2. The molecule has 1 unspecified atom stereocenters. The van der Waals surface area contributed by atoms with Crippen molar-refractivity contribution in [2.75, 3.05) is 0 Å². The Hall–Kier alpha value is -0.610. The monoisotopic (exact) mass is 180 g/mol. The number of alkyl halides is 1. The van der Waals surface area contributed by atoms with Gasteiger partial charge < -0.3 is 0 Å². The predicted molar refractivity (Wildman–Crippen MR) is 36.5 cm³/mol. The van der Waals surface area contributed by atoms with Crippen LogP contribution in [0.4, 0.5) is 4.79 Å². The molecule has 1 N–H and O–H groups in total. The summed E-state index contributed by atoms with van der Waals surface area (Å²) in [6.07, 6.45) is 0. The lowest BCUT2D eigenvalue weighted by Gasteiger charge is -2.10. The van der Waals surface area contributed by atoms with Gasteiger partial charge in [0.1, 0.15) is 5.17 Å². The summed E-state index contributed by atoms with van der Waals surface area (Å²) in [5.41, 5.74) is 0. The molecule has 0 aliphatic carbocycles. The molecule has 10 heavy (non-hydrogen) atoms. The van der Waals surface area contributed by atoms with Crippen molar-refractivity contribution in [1.29, 1.82) is 0 Å². The van der Waals surface area contributed by atoms with Crippen molar-refractivity contribution in [3.63, 3.8) is 0 Å². The van der Waals surface area contributed by atoms with Gasteiger partial charge in [-0.05, 0) is 0 Å². The molecule has 4 nitrogen and oxygen atoms in total. The largest absolute Gasteiger partial charge is 0.348 e. The molecule has 0 aromatic rings. The Labute approximate surface area is 66.2 Å². The van der Waals surface area contributed by atoms with Crippen LogP contribution in [0.25, 0.3) is 0 Å². The summed E-state index contributed by atoms with van der Waals surface area (Å²) in [5.74, 6) is -0.633. The Morgan fingerprint density at radius 3 is 2.60 bits per heavy atom. The molecule has 0 saturated carbocycles. The Bertz CT molecular complexity index is 225. The minimum Gasteiger partial charge on any atom is -0.274 e. The minimum absolute atomic E-state index is 0.185. The molecule has 6 heteroatoms. The highest BCUT2D eigenvalue weighted by molar-refractivity contribution is 6.75. The third kappa shape index (κ3) is 1.27. The molecule has 3 amide bonds. The van der Waals surface area contributed by atoms with Crippen LogP contribution >= 0.6 is 23.2 Å². The second-order valence-electron chi connectivity index (χ2n) is 1.59. The van der Waals surface area contributed by atoms with Gasteiger partial charge >= 0.3 is 6.03 Å². The molecule has 1 atom stereocenters. The normalized spacial score (nSPS) is 25.8. The van der Waals surface area contributed by atoms with Gasteiger partial charge in [-0.25, -0.2) is 4.79 Å². The van der Waals surface area contributed by atoms with E-state index in [4.69, 9.17) is 23.2 Å². The van der Waals surface area contributed by atoms with Gasteiger partial charge in [0.25, 0.3) is 5.91 Å². The molecule has 0 aromatic heterocycles. The molecule has 0 fully saturated rings. The van der Waals surface area contributed by atoms with Crippen LogP contribution in [0, 0.1) is 0 Å². The molecule has 1 aliphatic heterocycles. The molecule has 0 saturated heterocycles. The van der Waals surface area contributed by atoms with Gasteiger partial charge in [0.15, 0.2) is 5.38 Å². The smallest absolute Gasteiger partial charge is 0.274 e. The maximum atomic E-state index is 10.6. The summed E-state index contributed by atoms with van der Waals surface area (Å²) in [7, 11) is 0. The van der Waals surface area contributed by atoms with Crippen LogP contribution < -0.4 is 5.32 Å². The minimum atomic E-state index is -1.03. The molecule has 1 aliphatic rings. The number of nitrogens with one attached hydrogen (secondary N) is 1. The number of carbonyl (C=O) groups excluding carboxylic acids is 2. The average Bonchev–Trinajstić information content (AvgIpc) is 1.82. The van der Waals surface area contributed by atoms with Crippen LogP contribution in [0.3, 0.4) is 0 Å².